The molecule has 1 saturated heterocycles. The van der Waals surface area contributed by atoms with Crippen LogP contribution in [0, 0.1) is 0 Å². The Bertz CT molecular complexity index is 695. The zero-order chi connectivity index (χ0) is 15.9. The average Bonchev–Trinajstić information content (AvgIpc) is 2.73. The molecule has 0 aromatic heterocycles. The van der Waals surface area contributed by atoms with Crippen molar-refractivity contribution in [1.29, 1.82) is 0 Å². The Morgan fingerprint density at radius 2 is 1.95 bits per heavy atom. The Labute approximate surface area is 127 Å². The number of hydrogen-bond donors (Lipinski definition) is 1. The minimum Gasteiger partial charge on any atom is -0.295 e. The van der Waals surface area contributed by atoms with Crippen LogP contribution in [0.3, 0.4) is 0 Å². The largest absolute Gasteiger partial charge is 0.295 e. The highest BCUT2D eigenvalue weighted by atomic mass is 16.2. The lowest BCUT2D eigenvalue weighted by molar-refractivity contribution is -0.136. The number of fused-ring (bicyclic) bond motifs is 1. The maximum Gasteiger partial charge on any atom is 0.262 e. The number of carbonyl (C=O) groups excluding carboxylic acids is 4. The van der Waals surface area contributed by atoms with Crippen LogP contribution >= 0.6 is 0 Å². The van der Waals surface area contributed by atoms with Crippen LogP contribution in [0.5, 0.6) is 0 Å². The number of carbonyl (C=O) groups is 4. The number of amides is 4. The maximum absolute atomic E-state index is 12.7. The lowest BCUT2D eigenvalue weighted by Crippen LogP contribution is -2.54. The fourth-order valence-corrected chi connectivity index (χ4v) is 3.06. The third-order valence-electron chi connectivity index (χ3n) is 4.07. The van der Waals surface area contributed by atoms with Crippen molar-refractivity contribution >= 4 is 23.6 Å². The monoisotopic (exact) mass is 300 g/mol. The van der Waals surface area contributed by atoms with Gasteiger partial charge in [-0.05, 0) is 24.5 Å². The zero-order valence-electron chi connectivity index (χ0n) is 12.2. The second-order valence-corrected chi connectivity index (χ2v) is 5.54. The number of piperidine rings is 1. The van der Waals surface area contributed by atoms with Crippen LogP contribution < -0.4 is 5.32 Å². The molecule has 0 aliphatic carbocycles. The Kier molecular flexibility index (Phi) is 3.52. The third kappa shape index (κ3) is 2.11. The van der Waals surface area contributed by atoms with Crippen molar-refractivity contribution < 1.29 is 19.2 Å². The Balaban J connectivity index is 1.98. The fourth-order valence-electron chi connectivity index (χ4n) is 3.06. The van der Waals surface area contributed by atoms with E-state index in [0.717, 1.165) is 16.9 Å². The SMILES string of the molecule is CCCc1cccc2c1C(=O)N(C1CCC(=O)NC1=O)C2=O. The molecular weight excluding hydrogens is 284 g/mol. The summed E-state index contributed by atoms with van der Waals surface area (Å²) < 4.78 is 0. The smallest absolute Gasteiger partial charge is 0.262 e. The molecule has 6 nitrogen and oxygen atoms in total. The first-order chi connectivity index (χ1) is 10.5. The van der Waals surface area contributed by atoms with Crippen LogP contribution in [0.1, 0.15) is 52.5 Å². The summed E-state index contributed by atoms with van der Waals surface area (Å²) in [4.78, 5) is 49.4. The van der Waals surface area contributed by atoms with Gasteiger partial charge in [-0.1, -0.05) is 25.5 Å². The van der Waals surface area contributed by atoms with Crippen LogP contribution in [0.2, 0.25) is 0 Å². The molecule has 4 amide bonds. The second kappa shape index (κ2) is 5.36. The van der Waals surface area contributed by atoms with Gasteiger partial charge in [0.05, 0.1) is 11.1 Å². The molecule has 2 heterocycles. The van der Waals surface area contributed by atoms with E-state index in [1.165, 1.54) is 0 Å². The van der Waals surface area contributed by atoms with E-state index in [1.54, 1.807) is 12.1 Å². The van der Waals surface area contributed by atoms with E-state index >= 15 is 0 Å². The van der Waals surface area contributed by atoms with Gasteiger partial charge in [-0.3, -0.25) is 29.4 Å². The number of nitrogens with zero attached hydrogens (tertiary/aromatic N) is 1. The van der Waals surface area contributed by atoms with Crippen molar-refractivity contribution in [2.75, 3.05) is 0 Å². The molecule has 2 aliphatic rings. The van der Waals surface area contributed by atoms with E-state index in [9.17, 15) is 19.2 Å². The molecule has 1 fully saturated rings. The summed E-state index contributed by atoms with van der Waals surface area (Å²) in [6.45, 7) is 2.00. The summed E-state index contributed by atoms with van der Waals surface area (Å²) in [6.07, 6.45) is 1.87. The van der Waals surface area contributed by atoms with Crippen LogP contribution in [0.4, 0.5) is 0 Å². The van der Waals surface area contributed by atoms with Crippen molar-refractivity contribution in [3.63, 3.8) is 0 Å². The number of imide groups is 2. The molecule has 1 N–H and O–H groups in total. The molecule has 6 heteroatoms. The molecule has 0 saturated carbocycles. The summed E-state index contributed by atoms with van der Waals surface area (Å²) >= 11 is 0. The third-order valence-corrected chi connectivity index (χ3v) is 4.07. The van der Waals surface area contributed by atoms with E-state index in [-0.39, 0.29) is 18.7 Å². The van der Waals surface area contributed by atoms with Gasteiger partial charge in [-0.2, -0.15) is 0 Å². The Morgan fingerprint density at radius 3 is 2.64 bits per heavy atom. The van der Waals surface area contributed by atoms with Crippen molar-refractivity contribution in [3.8, 4) is 0 Å². The second-order valence-electron chi connectivity index (χ2n) is 5.54. The number of benzene rings is 1. The van der Waals surface area contributed by atoms with Crippen LogP contribution in [0.15, 0.2) is 18.2 Å². The van der Waals surface area contributed by atoms with Crippen molar-refractivity contribution in [3.05, 3.63) is 34.9 Å². The number of nitrogens with one attached hydrogen (secondary N) is 1. The quantitative estimate of drug-likeness (QED) is 0.845. The maximum atomic E-state index is 12.7. The van der Waals surface area contributed by atoms with Crippen molar-refractivity contribution in [2.45, 2.75) is 38.6 Å². The molecule has 114 valence electrons. The normalized spacial score (nSPS) is 21.1. The summed E-state index contributed by atoms with van der Waals surface area (Å²) in [5.41, 5.74) is 1.58. The highest BCUT2D eigenvalue weighted by Gasteiger charge is 2.45. The fraction of sp³-hybridized carbons (Fsp3) is 0.375. The summed E-state index contributed by atoms with van der Waals surface area (Å²) in [5, 5.41) is 2.19. The van der Waals surface area contributed by atoms with Crippen molar-refractivity contribution in [2.24, 2.45) is 0 Å². The predicted molar refractivity (Wildman–Crippen MR) is 77.1 cm³/mol. The van der Waals surface area contributed by atoms with E-state index in [2.05, 4.69) is 5.32 Å². The Hall–Kier alpha value is -2.50. The molecule has 0 bridgehead atoms. The standard InChI is InChI=1S/C16H16N2O4/c1-2-4-9-5-3-6-10-13(9)16(22)18(15(10)21)11-7-8-12(19)17-14(11)20/h3,5-6,11H,2,4,7-8H2,1H3,(H,17,19,20). The zero-order valence-corrected chi connectivity index (χ0v) is 12.2. The summed E-state index contributed by atoms with van der Waals surface area (Å²) in [5.74, 6) is -1.83. The highest BCUT2D eigenvalue weighted by Crippen LogP contribution is 2.30. The molecule has 3 rings (SSSR count). The molecular formula is C16H16N2O4. The van der Waals surface area contributed by atoms with E-state index in [4.69, 9.17) is 0 Å². The van der Waals surface area contributed by atoms with E-state index in [1.807, 2.05) is 13.0 Å². The van der Waals surface area contributed by atoms with Gasteiger partial charge < -0.3 is 0 Å². The topological polar surface area (TPSA) is 83.6 Å². The van der Waals surface area contributed by atoms with Gasteiger partial charge in [0.25, 0.3) is 11.8 Å². The van der Waals surface area contributed by atoms with Gasteiger partial charge in [0.1, 0.15) is 6.04 Å². The van der Waals surface area contributed by atoms with Crippen molar-refractivity contribution in [1.82, 2.24) is 10.2 Å². The van der Waals surface area contributed by atoms with Crippen LogP contribution in [-0.4, -0.2) is 34.6 Å². The summed E-state index contributed by atoms with van der Waals surface area (Å²) in [6, 6.07) is 4.30. The van der Waals surface area contributed by atoms with Gasteiger partial charge in [-0.15, -0.1) is 0 Å². The summed E-state index contributed by atoms with van der Waals surface area (Å²) in [7, 11) is 0. The predicted octanol–water partition coefficient (Wildman–Crippen LogP) is 1.04. The Morgan fingerprint density at radius 1 is 1.18 bits per heavy atom. The molecule has 22 heavy (non-hydrogen) atoms. The average molecular weight is 300 g/mol. The van der Waals surface area contributed by atoms with Crippen LogP contribution in [0.25, 0.3) is 0 Å². The van der Waals surface area contributed by atoms with Gasteiger partial charge in [-0.25, -0.2) is 0 Å². The minimum absolute atomic E-state index is 0.131. The highest BCUT2D eigenvalue weighted by molar-refractivity contribution is 6.24. The molecule has 1 aromatic carbocycles. The van der Waals surface area contributed by atoms with E-state index < -0.39 is 23.8 Å². The molecule has 1 aromatic rings. The first kappa shape index (κ1) is 14.4. The van der Waals surface area contributed by atoms with Gasteiger partial charge in [0.2, 0.25) is 11.8 Å². The molecule has 2 aliphatic heterocycles. The van der Waals surface area contributed by atoms with Crippen LogP contribution in [-0.2, 0) is 16.0 Å². The van der Waals surface area contributed by atoms with E-state index in [0.29, 0.717) is 17.5 Å². The lowest BCUT2D eigenvalue weighted by atomic mass is 9.99. The number of hydrogen-bond acceptors (Lipinski definition) is 4. The molecule has 0 spiro atoms. The van der Waals surface area contributed by atoms with Gasteiger partial charge in [0, 0.05) is 6.42 Å². The number of aryl methyl sites for hydroxylation is 1. The molecule has 0 radical (unpaired) electrons. The lowest BCUT2D eigenvalue weighted by Gasteiger charge is -2.27. The van der Waals surface area contributed by atoms with Gasteiger partial charge in [0.15, 0.2) is 0 Å². The minimum atomic E-state index is -0.903. The first-order valence-electron chi connectivity index (χ1n) is 7.38. The molecule has 1 atom stereocenters. The molecule has 1 unspecified atom stereocenters. The number of rotatable bonds is 3. The van der Waals surface area contributed by atoms with Gasteiger partial charge >= 0.3 is 0 Å². The first-order valence-corrected chi connectivity index (χ1v) is 7.38.